The fourth-order valence-electron chi connectivity index (χ4n) is 2.57. The Labute approximate surface area is 181 Å². The molecule has 0 fully saturated rings. The normalized spacial score (nSPS) is 10.4. The van der Waals surface area contributed by atoms with Gasteiger partial charge in [-0.15, -0.1) is 0 Å². The van der Waals surface area contributed by atoms with Crippen molar-refractivity contribution in [1.29, 1.82) is 0 Å². The highest BCUT2D eigenvalue weighted by Gasteiger charge is 2.12. The Morgan fingerprint density at radius 1 is 1.07 bits per heavy atom. The smallest absolute Gasteiger partial charge is 0.258 e. The molecule has 0 aliphatic carbocycles. The molecule has 0 heterocycles. The van der Waals surface area contributed by atoms with E-state index in [1.165, 1.54) is 31.7 Å². The summed E-state index contributed by atoms with van der Waals surface area (Å²) in [5.41, 5.74) is 1.03. The van der Waals surface area contributed by atoms with Crippen LogP contribution in [0.1, 0.15) is 49.4 Å². The molecule has 0 atom stereocenters. The summed E-state index contributed by atoms with van der Waals surface area (Å²) >= 11 is 17.1. The topological polar surface area (TPSA) is 50.4 Å². The molecule has 2 aromatic carbocycles. The summed E-state index contributed by atoms with van der Waals surface area (Å²) in [6.45, 7) is 2.88. The van der Waals surface area contributed by atoms with Gasteiger partial charge in [0.2, 0.25) is 0 Å². The van der Waals surface area contributed by atoms with Gasteiger partial charge in [0.15, 0.2) is 5.11 Å². The highest BCUT2D eigenvalue weighted by Crippen LogP contribution is 2.21. The number of ether oxygens (including phenoxy) is 1. The lowest BCUT2D eigenvalue weighted by molar-refractivity contribution is 0.0978. The molecule has 2 N–H and O–H groups in total. The molecule has 2 aromatic rings. The molecule has 0 unspecified atom stereocenters. The predicted octanol–water partition coefficient (Wildman–Crippen LogP) is 6.47. The predicted molar refractivity (Wildman–Crippen MR) is 121 cm³/mol. The molecule has 0 aliphatic heterocycles. The van der Waals surface area contributed by atoms with Gasteiger partial charge < -0.3 is 10.1 Å². The van der Waals surface area contributed by atoms with E-state index in [1.54, 1.807) is 12.1 Å². The number of benzene rings is 2. The van der Waals surface area contributed by atoms with Crippen molar-refractivity contribution < 1.29 is 9.53 Å². The molecule has 0 saturated heterocycles. The van der Waals surface area contributed by atoms with E-state index in [1.807, 2.05) is 24.3 Å². The molecule has 2 rings (SSSR count). The van der Waals surface area contributed by atoms with Crippen molar-refractivity contribution in [3.63, 3.8) is 0 Å². The maximum atomic E-state index is 12.3. The van der Waals surface area contributed by atoms with E-state index in [2.05, 4.69) is 17.6 Å². The van der Waals surface area contributed by atoms with Crippen molar-refractivity contribution in [2.24, 2.45) is 0 Å². The third-order valence-electron chi connectivity index (χ3n) is 4.01. The molecule has 28 heavy (non-hydrogen) atoms. The van der Waals surface area contributed by atoms with Crippen LogP contribution in [0, 0.1) is 0 Å². The number of halogens is 2. The summed E-state index contributed by atoms with van der Waals surface area (Å²) in [6, 6.07) is 12.1. The molecule has 7 heteroatoms. The highest BCUT2D eigenvalue weighted by molar-refractivity contribution is 7.80. The van der Waals surface area contributed by atoms with Gasteiger partial charge in [-0.2, -0.15) is 0 Å². The number of rotatable bonds is 9. The van der Waals surface area contributed by atoms with Gasteiger partial charge in [0.1, 0.15) is 5.75 Å². The molecule has 0 aliphatic rings. The Balaban J connectivity index is 1.84. The fourth-order valence-corrected chi connectivity index (χ4v) is 3.27. The Bertz CT molecular complexity index is 815. The van der Waals surface area contributed by atoms with E-state index in [4.69, 9.17) is 40.2 Å². The summed E-state index contributed by atoms with van der Waals surface area (Å²) in [7, 11) is 0. The van der Waals surface area contributed by atoms with Gasteiger partial charge in [-0.3, -0.25) is 10.1 Å². The lowest BCUT2D eigenvalue weighted by Gasteiger charge is -2.12. The fraction of sp³-hybridized carbons (Fsp3) is 0.333. The Morgan fingerprint density at radius 3 is 2.61 bits per heavy atom. The summed E-state index contributed by atoms with van der Waals surface area (Å²) in [6.07, 6.45) is 5.95. The molecule has 1 amide bonds. The minimum Gasteiger partial charge on any atom is -0.494 e. The van der Waals surface area contributed by atoms with Crippen molar-refractivity contribution in [3.8, 4) is 5.75 Å². The van der Waals surface area contributed by atoms with Crippen LogP contribution in [-0.2, 0) is 0 Å². The summed E-state index contributed by atoms with van der Waals surface area (Å²) in [4.78, 5) is 12.3. The third kappa shape index (κ3) is 7.66. The lowest BCUT2D eigenvalue weighted by Crippen LogP contribution is -2.34. The Hall–Kier alpha value is -1.82. The number of hydrogen-bond acceptors (Lipinski definition) is 3. The van der Waals surface area contributed by atoms with Gasteiger partial charge in [-0.05, 0) is 49.0 Å². The van der Waals surface area contributed by atoms with E-state index in [0.29, 0.717) is 17.2 Å². The van der Waals surface area contributed by atoms with Gasteiger partial charge in [-0.25, -0.2) is 0 Å². The van der Waals surface area contributed by atoms with E-state index >= 15 is 0 Å². The zero-order valence-corrected chi connectivity index (χ0v) is 18.1. The first-order valence-electron chi connectivity index (χ1n) is 9.30. The zero-order valence-electron chi connectivity index (χ0n) is 15.8. The number of unbranched alkanes of at least 4 members (excludes halogenated alkanes) is 4. The molecule has 150 valence electrons. The summed E-state index contributed by atoms with van der Waals surface area (Å²) in [5, 5.41) is 6.49. The SMILES string of the molecule is CCCCCCCOc1cccc(NC(=S)NC(=O)c2ccc(Cl)cc2Cl)c1. The summed E-state index contributed by atoms with van der Waals surface area (Å²) < 4.78 is 5.79. The third-order valence-corrected chi connectivity index (χ3v) is 4.76. The maximum absolute atomic E-state index is 12.3. The van der Waals surface area contributed by atoms with Crippen LogP contribution in [0.3, 0.4) is 0 Å². The lowest BCUT2D eigenvalue weighted by atomic mass is 10.2. The molecule has 0 bridgehead atoms. The highest BCUT2D eigenvalue weighted by atomic mass is 35.5. The molecular weight excluding hydrogens is 415 g/mol. The maximum Gasteiger partial charge on any atom is 0.258 e. The number of thiocarbonyl (C=S) groups is 1. The van der Waals surface area contributed by atoms with E-state index < -0.39 is 5.91 Å². The average molecular weight is 439 g/mol. The minimum absolute atomic E-state index is 0.174. The van der Waals surface area contributed by atoms with Gasteiger partial charge in [0.25, 0.3) is 5.91 Å². The second kappa shape index (κ2) is 11.9. The molecule has 0 aromatic heterocycles. The number of anilines is 1. The van der Waals surface area contributed by atoms with Crippen molar-refractivity contribution in [1.82, 2.24) is 5.32 Å². The van der Waals surface area contributed by atoms with Gasteiger partial charge in [-0.1, -0.05) is 61.9 Å². The van der Waals surface area contributed by atoms with E-state index in [0.717, 1.165) is 17.9 Å². The van der Waals surface area contributed by atoms with E-state index in [9.17, 15) is 4.79 Å². The number of hydrogen-bond donors (Lipinski definition) is 2. The second-order valence-corrected chi connectivity index (χ2v) is 7.57. The Kier molecular flexibility index (Phi) is 9.55. The quantitative estimate of drug-likeness (QED) is 0.347. The van der Waals surface area contributed by atoms with Crippen molar-refractivity contribution >= 4 is 52.1 Å². The van der Waals surface area contributed by atoms with Gasteiger partial charge in [0, 0.05) is 16.8 Å². The van der Waals surface area contributed by atoms with Crippen LogP contribution in [0.25, 0.3) is 0 Å². The molecule has 0 saturated carbocycles. The zero-order chi connectivity index (χ0) is 20.4. The molecular formula is C21H24Cl2N2O2S. The largest absolute Gasteiger partial charge is 0.494 e. The first-order chi connectivity index (χ1) is 13.5. The molecule has 4 nitrogen and oxygen atoms in total. The van der Waals surface area contributed by atoms with Crippen LogP contribution >= 0.6 is 35.4 Å². The van der Waals surface area contributed by atoms with Crippen LogP contribution in [-0.4, -0.2) is 17.6 Å². The number of carbonyl (C=O) groups is 1. The molecule has 0 spiro atoms. The van der Waals surface area contributed by atoms with Gasteiger partial charge >= 0.3 is 0 Å². The monoisotopic (exact) mass is 438 g/mol. The number of nitrogens with one attached hydrogen (secondary N) is 2. The van der Waals surface area contributed by atoms with Crippen molar-refractivity contribution in [3.05, 3.63) is 58.1 Å². The summed E-state index contributed by atoms with van der Waals surface area (Å²) in [5.74, 6) is 0.356. The van der Waals surface area contributed by atoms with E-state index in [-0.39, 0.29) is 10.1 Å². The average Bonchev–Trinajstić information content (AvgIpc) is 2.64. The standard InChI is InChI=1S/C21H24Cl2N2O2S/c1-2-3-4-5-6-12-27-17-9-7-8-16(14-17)24-21(28)25-20(26)18-11-10-15(22)13-19(18)23/h7-11,13-14H,2-6,12H2,1H3,(H2,24,25,26,28). The van der Waals surface area contributed by atoms with Crippen LogP contribution in [0.15, 0.2) is 42.5 Å². The number of carbonyl (C=O) groups excluding carboxylic acids is 1. The first kappa shape index (κ1) is 22.5. The van der Waals surface area contributed by atoms with Crippen molar-refractivity contribution in [2.75, 3.05) is 11.9 Å². The van der Waals surface area contributed by atoms with Crippen LogP contribution in [0.2, 0.25) is 10.0 Å². The molecule has 0 radical (unpaired) electrons. The number of amides is 1. The van der Waals surface area contributed by atoms with Gasteiger partial charge in [0.05, 0.1) is 17.2 Å². The van der Waals surface area contributed by atoms with Crippen molar-refractivity contribution in [2.45, 2.75) is 39.0 Å². The minimum atomic E-state index is -0.404. The van der Waals surface area contributed by atoms with Crippen LogP contribution < -0.4 is 15.4 Å². The first-order valence-corrected chi connectivity index (χ1v) is 10.5. The Morgan fingerprint density at radius 2 is 1.86 bits per heavy atom. The van der Waals surface area contributed by atoms with Crippen LogP contribution in [0.5, 0.6) is 5.75 Å². The second-order valence-electron chi connectivity index (χ2n) is 6.32. The van der Waals surface area contributed by atoms with Crippen LogP contribution in [0.4, 0.5) is 5.69 Å².